The lowest BCUT2D eigenvalue weighted by Crippen LogP contribution is -2.02. The first-order valence-electron chi connectivity index (χ1n) is 9.50. The molecule has 0 aliphatic heterocycles. The van der Waals surface area contributed by atoms with Crippen molar-refractivity contribution >= 4 is 46.5 Å². The Morgan fingerprint density at radius 2 is 1.87 bits per heavy atom. The minimum Gasteiger partial charge on any atom is -0.495 e. The van der Waals surface area contributed by atoms with Gasteiger partial charge in [-0.2, -0.15) is 5.10 Å². The Balaban J connectivity index is 0.00000256. The molecule has 156 valence electrons. The van der Waals surface area contributed by atoms with E-state index in [-0.39, 0.29) is 12.4 Å². The first-order valence-corrected chi connectivity index (χ1v) is 9.88. The zero-order valence-corrected chi connectivity index (χ0v) is 18.6. The van der Waals surface area contributed by atoms with Crippen LogP contribution in [0.15, 0.2) is 48.5 Å². The van der Waals surface area contributed by atoms with Crippen molar-refractivity contribution in [2.24, 2.45) is 7.05 Å². The van der Waals surface area contributed by atoms with Crippen molar-refractivity contribution in [1.29, 1.82) is 0 Å². The highest BCUT2D eigenvalue weighted by Crippen LogP contribution is 2.32. The van der Waals surface area contributed by atoms with Gasteiger partial charge in [0.15, 0.2) is 11.6 Å². The third-order valence-electron chi connectivity index (χ3n) is 4.69. The zero-order valence-electron chi connectivity index (χ0n) is 17.0. The van der Waals surface area contributed by atoms with Gasteiger partial charge in [0, 0.05) is 18.3 Å². The van der Waals surface area contributed by atoms with Gasteiger partial charge in [0.25, 0.3) is 0 Å². The lowest BCUT2D eigenvalue weighted by Gasteiger charge is -2.11. The van der Waals surface area contributed by atoms with Gasteiger partial charge in [-0.25, -0.2) is 9.97 Å². The number of hydrogen-bond acceptors (Lipinski definition) is 5. The van der Waals surface area contributed by atoms with E-state index in [0.717, 1.165) is 40.8 Å². The molecule has 0 bridgehead atoms. The molecule has 30 heavy (non-hydrogen) atoms. The van der Waals surface area contributed by atoms with Crippen LogP contribution in [0.5, 0.6) is 5.75 Å². The molecular weight excluding hydrogens is 421 g/mol. The van der Waals surface area contributed by atoms with Crippen LogP contribution in [-0.4, -0.2) is 26.9 Å². The standard InChI is InChI=1S/C22H22ClN5O.ClH/c1-4-8-17-19-20(28(2)27-17)22(24-15-11-12-18(29-3)16(23)13-15)26-21(25-19)14-9-6-5-7-10-14;/h5-7,9-13H,4,8H2,1-3H3,(H,24,25,26);1H. The molecule has 0 saturated heterocycles. The Kier molecular flexibility index (Phi) is 6.80. The van der Waals surface area contributed by atoms with Crippen LogP contribution in [-0.2, 0) is 13.5 Å². The molecule has 0 saturated carbocycles. The minimum absolute atomic E-state index is 0. The third-order valence-corrected chi connectivity index (χ3v) is 4.98. The van der Waals surface area contributed by atoms with Crippen molar-refractivity contribution in [3.8, 4) is 17.1 Å². The summed E-state index contributed by atoms with van der Waals surface area (Å²) in [6.45, 7) is 2.14. The van der Waals surface area contributed by atoms with Gasteiger partial charge < -0.3 is 10.1 Å². The summed E-state index contributed by atoms with van der Waals surface area (Å²) in [4.78, 5) is 9.67. The predicted molar refractivity (Wildman–Crippen MR) is 124 cm³/mol. The van der Waals surface area contributed by atoms with Crippen molar-refractivity contribution in [2.45, 2.75) is 19.8 Å². The van der Waals surface area contributed by atoms with E-state index >= 15 is 0 Å². The number of anilines is 2. The lowest BCUT2D eigenvalue weighted by atomic mass is 10.2. The number of halogens is 2. The van der Waals surface area contributed by atoms with E-state index in [2.05, 4.69) is 17.3 Å². The molecule has 2 heterocycles. The fourth-order valence-electron chi connectivity index (χ4n) is 3.33. The van der Waals surface area contributed by atoms with Gasteiger partial charge in [-0.15, -0.1) is 12.4 Å². The molecule has 4 aromatic rings. The summed E-state index contributed by atoms with van der Waals surface area (Å²) < 4.78 is 7.08. The van der Waals surface area contributed by atoms with Gasteiger partial charge in [-0.05, 0) is 24.6 Å². The summed E-state index contributed by atoms with van der Waals surface area (Å²) in [7, 11) is 3.51. The van der Waals surface area contributed by atoms with Crippen LogP contribution in [0.4, 0.5) is 11.5 Å². The summed E-state index contributed by atoms with van der Waals surface area (Å²) in [5.74, 6) is 1.97. The number of fused-ring (bicyclic) bond motifs is 1. The molecule has 0 unspecified atom stereocenters. The van der Waals surface area contributed by atoms with E-state index in [9.17, 15) is 0 Å². The number of benzene rings is 2. The molecule has 0 fully saturated rings. The van der Waals surface area contributed by atoms with E-state index in [1.54, 1.807) is 7.11 Å². The van der Waals surface area contributed by atoms with E-state index in [0.29, 0.717) is 22.4 Å². The summed E-state index contributed by atoms with van der Waals surface area (Å²) >= 11 is 6.30. The normalized spacial score (nSPS) is 10.7. The van der Waals surface area contributed by atoms with Crippen LogP contribution in [0.25, 0.3) is 22.4 Å². The highest BCUT2D eigenvalue weighted by atomic mass is 35.5. The second kappa shape index (κ2) is 9.32. The molecule has 0 aliphatic carbocycles. The first kappa shape index (κ1) is 21.9. The average molecular weight is 444 g/mol. The molecule has 0 atom stereocenters. The molecular formula is C22H23Cl2N5O. The van der Waals surface area contributed by atoms with Crippen LogP contribution < -0.4 is 10.1 Å². The Morgan fingerprint density at radius 3 is 2.53 bits per heavy atom. The number of methoxy groups -OCH3 is 1. The minimum atomic E-state index is 0. The molecule has 2 aromatic heterocycles. The van der Waals surface area contributed by atoms with Gasteiger partial charge in [-0.1, -0.05) is 55.3 Å². The topological polar surface area (TPSA) is 64.9 Å². The summed E-state index contributed by atoms with van der Waals surface area (Å²) in [5, 5.41) is 8.61. The number of aryl methyl sites for hydroxylation is 2. The number of ether oxygens (including phenoxy) is 1. The first-order chi connectivity index (χ1) is 14.1. The maximum Gasteiger partial charge on any atom is 0.162 e. The second-order valence-corrected chi connectivity index (χ2v) is 7.16. The highest BCUT2D eigenvalue weighted by molar-refractivity contribution is 6.32. The fourth-order valence-corrected chi connectivity index (χ4v) is 3.59. The number of nitrogens with zero attached hydrogens (tertiary/aromatic N) is 4. The Hall–Kier alpha value is -2.83. The Labute approximate surface area is 186 Å². The SMILES string of the molecule is CCCc1nn(C)c2c(Nc3ccc(OC)c(Cl)c3)nc(-c3ccccc3)nc12.Cl. The number of aromatic nitrogens is 4. The van der Waals surface area contributed by atoms with Gasteiger partial charge in [0.1, 0.15) is 16.8 Å². The number of rotatable bonds is 6. The van der Waals surface area contributed by atoms with E-state index in [1.807, 2.05) is 60.3 Å². The molecule has 6 nitrogen and oxygen atoms in total. The zero-order chi connectivity index (χ0) is 20.4. The van der Waals surface area contributed by atoms with E-state index < -0.39 is 0 Å². The summed E-state index contributed by atoms with van der Waals surface area (Å²) in [6, 6.07) is 15.5. The van der Waals surface area contributed by atoms with Crippen molar-refractivity contribution in [3.63, 3.8) is 0 Å². The smallest absolute Gasteiger partial charge is 0.162 e. The Morgan fingerprint density at radius 1 is 1.10 bits per heavy atom. The molecule has 0 amide bonds. The van der Waals surface area contributed by atoms with E-state index in [4.69, 9.17) is 26.3 Å². The molecule has 8 heteroatoms. The van der Waals surface area contributed by atoms with E-state index in [1.165, 1.54) is 0 Å². The molecule has 2 aromatic carbocycles. The average Bonchev–Trinajstić information content (AvgIpc) is 3.05. The van der Waals surface area contributed by atoms with Crippen LogP contribution in [0.3, 0.4) is 0 Å². The molecule has 0 aliphatic rings. The highest BCUT2D eigenvalue weighted by Gasteiger charge is 2.18. The summed E-state index contributed by atoms with van der Waals surface area (Å²) in [6.07, 6.45) is 1.85. The summed E-state index contributed by atoms with van der Waals surface area (Å²) in [5.41, 5.74) is 4.47. The van der Waals surface area contributed by atoms with Crippen molar-refractivity contribution in [1.82, 2.24) is 19.7 Å². The van der Waals surface area contributed by atoms with Crippen molar-refractivity contribution < 1.29 is 4.74 Å². The van der Waals surface area contributed by atoms with Crippen LogP contribution in [0, 0.1) is 0 Å². The number of nitrogens with one attached hydrogen (secondary N) is 1. The number of hydrogen-bond donors (Lipinski definition) is 1. The quantitative estimate of drug-likeness (QED) is 0.407. The van der Waals surface area contributed by atoms with Crippen LogP contribution in [0.1, 0.15) is 19.0 Å². The monoisotopic (exact) mass is 443 g/mol. The maximum absolute atomic E-state index is 6.30. The molecule has 0 spiro atoms. The van der Waals surface area contributed by atoms with Crippen molar-refractivity contribution in [2.75, 3.05) is 12.4 Å². The van der Waals surface area contributed by atoms with Gasteiger partial charge in [0.05, 0.1) is 17.8 Å². The van der Waals surface area contributed by atoms with Crippen LogP contribution in [0.2, 0.25) is 5.02 Å². The fraction of sp³-hybridized carbons (Fsp3) is 0.227. The largest absolute Gasteiger partial charge is 0.495 e. The lowest BCUT2D eigenvalue weighted by molar-refractivity contribution is 0.415. The van der Waals surface area contributed by atoms with Crippen LogP contribution >= 0.6 is 24.0 Å². The maximum atomic E-state index is 6.30. The van der Waals surface area contributed by atoms with Gasteiger partial charge >= 0.3 is 0 Å². The molecule has 4 rings (SSSR count). The second-order valence-electron chi connectivity index (χ2n) is 6.75. The predicted octanol–water partition coefficient (Wildman–Crippen LogP) is 5.81. The Bertz CT molecular complexity index is 1160. The molecule has 0 radical (unpaired) electrons. The van der Waals surface area contributed by atoms with Gasteiger partial charge in [-0.3, -0.25) is 4.68 Å². The molecule has 1 N–H and O–H groups in total. The van der Waals surface area contributed by atoms with Crippen molar-refractivity contribution in [3.05, 3.63) is 59.2 Å². The van der Waals surface area contributed by atoms with Gasteiger partial charge in [0.2, 0.25) is 0 Å². The third kappa shape index (κ3) is 4.20.